The second-order valence-corrected chi connectivity index (χ2v) is 7.73. The van der Waals surface area contributed by atoms with Gasteiger partial charge < -0.3 is 25.8 Å². The van der Waals surface area contributed by atoms with Crippen molar-refractivity contribution in [1.29, 1.82) is 0 Å². The second-order valence-electron chi connectivity index (χ2n) is 6.86. The molecule has 0 spiro atoms. The van der Waals surface area contributed by atoms with Gasteiger partial charge in [0.1, 0.15) is 12.4 Å². The molecule has 3 rings (SSSR count). The van der Waals surface area contributed by atoms with Crippen molar-refractivity contribution in [3.8, 4) is 5.75 Å². The molecule has 0 radical (unpaired) electrons. The molecular formula is C23H19Cl2N3O5. The van der Waals surface area contributed by atoms with E-state index in [1.807, 2.05) is 0 Å². The zero-order chi connectivity index (χ0) is 24.0. The van der Waals surface area contributed by atoms with E-state index in [2.05, 4.69) is 16.0 Å². The van der Waals surface area contributed by atoms with E-state index in [4.69, 9.17) is 27.9 Å². The van der Waals surface area contributed by atoms with Crippen LogP contribution in [0.15, 0.2) is 60.7 Å². The van der Waals surface area contributed by atoms with Crippen LogP contribution in [-0.4, -0.2) is 36.5 Å². The Kier molecular flexibility index (Phi) is 7.89. The number of rotatable bonds is 7. The molecule has 3 aromatic rings. The fourth-order valence-corrected chi connectivity index (χ4v) is 3.42. The standard InChI is InChI=1S/C23H19Cl2N3O5/c1-33-12-21(30)26-16-3-2-4-17(10-16)28-23(32)19-6-5-18(11-20(19)29)27-22(31)13-7-14(24)9-15(25)8-13/h2-11,29H,12H2,1H3,(H,26,30)(H,27,31)(H,28,32). The lowest BCUT2D eigenvalue weighted by atomic mass is 10.1. The van der Waals surface area contributed by atoms with Crippen molar-refractivity contribution in [1.82, 2.24) is 0 Å². The van der Waals surface area contributed by atoms with E-state index in [1.165, 1.54) is 43.5 Å². The van der Waals surface area contributed by atoms with Gasteiger partial charge in [-0.2, -0.15) is 0 Å². The zero-order valence-corrected chi connectivity index (χ0v) is 18.8. The summed E-state index contributed by atoms with van der Waals surface area (Å²) >= 11 is 11.8. The molecule has 8 nitrogen and oxygen atoms in total. The lowest BCUT2D eigenvalue weighted by Gasteiger charge is -2.11. The van der Waals surface area contributed by atoms with Crippen molar-refractivity contribution in [2.24, 2.45) is 0 Å². The van der Waals surface area contributed by atoms with Crippen molar-refractivity contribution in [2.75, 3.05) is 29.7 Å². The van der Waals surface area contributed by atoms with Crippen molar-refractivity contribution in [3.05, 3.63) is 81.8 Å². The summed E-state index contributed by atoms with van der Waals surface area (Å²) in [6.07, 6.45) is 0. The number of benzene rings is 3. The average molecular weight is 488 g/mol. The quantitative estimate of drug-likeness (QED) is 0.382. The Morgan fingerprint density at radius 3 is 2.06 bits per heavy atom. The summed E-state index contributed by atoms with van der Waals surface area (Å²) in [5.74, 6) is -1.73. The van der Waals surface area contributed by atoms with E-state index >= 15 is 0 Å². The molecule has 0 bridgehead atoms. The molecule has 33 heavy (non-hydrogen) atoms. The number of hydrogen-bond donors (Lipinski definition) is 4. The molecule has 10 heteroatoms. The third-order valence-electron chi connectivity index (χ3n) is 4.30. The number of carbonyl (C=O) groups is 3. The summed E-state index contributed by atoms with van der Waals surface area (Å²) in [7, 11) is 1.41. The first-order valence-electron chi connectivity index (χ1n) is 9.56. The number of nitrogens with one attached hydrogen (secondary N) is 3. The maximum Gasteiger partial charge on any atom is 0.259 e. The number of halogens is 2. The van der Waals surface area contributed by atoms with E-state index in [1.54, 1.807) is 24.3 Å². The predicted molar refractivity (Wildman–Crippen MR) is 127 cm³/mol. The normalized spacial score (nSPS) is 10.4. The van der Waals surface area contributed by atoms with Crippen LogP contribution in [0, 0.1) is 0 Å². The second kappa shape index (κ2) is 10.8. The molecule has 3 amide bonds. The highest BCUT2D eigenvalue weighted by Crippen LogP contribution is 2.25. The topological polar surface area (TPSA) is 117 Å². The van der Waals surface area contributed by atoms with Crippen LogP contribution in [-0.2, 0) is 9.53 Å². The highest BCUT2D eigenvalue weighted by atomic mass is 35.5. The Morgan fingerprint density at radius 2 is 1.42 bits per heavy atom. The molecule has 0 fully saturated rings. The Morgan fingerprint density at radius 1 is 0.818 bits per heavy atom. The van der Waals surface area contributed by atoms with Gasteiger partial charge in [-0.15, -0.1) is 0 Å². The minimum atomic E-state index is -0.577. The van der Waals surface area contributed by atoms with Gasteiger partial charge in [0.2, 0.25) is 5.91 Å². The van der Waals surface area contributed by atoms with Crippen LogP contribution in [0.5, 0.6) is 5.75 Å². The third-order valence-corrected chi connectivity index (χ3v) is 4.74. The minimum Gasteiger partial charge on any atom is -0.507 e. The van der Waals surface area contributed by atoms with Crippen molar-refractivity contribution in [3.63, 3.8) is 0 Å². The SMILES string of the molecule is COCC(=O)Nc1cccc(NC(=O)c2ccc(NC(=O)c3cc(Cl)cc(Cl)c3)cc2O)c1. The number of aromatic hydroxyl groups is 1. The molecule has 0 aliphatic rings. The van der Waals surface area contributed by atoms with Crippen molar-refractivity contribution >= 4 is 58.0 Å². The van der Waals surface area contributed by atoms with Crippen LogP contribution in [0.3, 0.4) is 0 Å². The Balaban J connectivity index is 1.69. The molecule has 3 aromatic carbocycles. The molecular weight excluding hydrogens is 469 g/mol. The number of phenols is 1. The van der Waals surface area contributed by atoms with Crippen LogP contribution >= 0.6 is 23.2 Å². The van der Waals surface area contributed by atoms with Gasteiger partial charge in [0.05, 0.1) is 5.56 Å². The first-order chi connectivity index (χ1) is 15.7. The van der Waals surface area contributed by atoms with Crippen molar-refractivity contribution < 1.29 is 24.2 Å². The first-order valence-corrected chi connectivity index (χ1v) is 10.3. The third kappa shape index (κ3) is 6.69. The summed E-state index contributed by atoms with van der Waals surface area (Å²) in [4.78, 5) is 36.7. The monoisotopic (exact) mass is 487 g/mol. The maximum atomic E-state index is 12.6. The summed E-state index contributed by atoms with van der Waals surface area (Å²) in [5, 5.41) is 18.8. The van der Waals surface area contributed by atoms with Crippen LogP contribution in [0.25, 0.3) is 0 Å². The number of carbonyl (C=O) groups excluding carboxylic acids is 3. The molecule has 0 aliphatic heterocycles. The van der Waals surface area contributed by atoms with Gasteiger partial charge in [-0.05, 0) is 48.5 Å². The zero-order valence-electron chi connectivity index (χ0n) is 17.3. The molecule has 0 heterocycles. The summed E-state index contributed by atoms with van der Waals surface area (Å²) in [6.45, 7) is -0.0995. The van der Waals surface area contributed by atoms with E-state index < -0.39 is 11.8 Å². The fraction of sp³-hybridized carbons (Fsp3) is 0.0870. The Hall–Kier alpha value is -3.59. The van der Waals surface area contributed by atoms with Crippen LogP contribution in [0.1, 0.15) is 20.7 Å². The summed E-state index contributed by atoms with van der Waals surface area (Å²) in [6, 6.07) is 15.0. The maximum absolute atomic E-state index is 12.6. The largest absolute Gasteiger partial charge is 0.507 e. The van der Waals surface area contributed by atoms with E-state index in [0.717, 1.165) is 0 Å². The molecule has 170 valence electrons. The van der Waals surface area contributed by atoms with E-state index in [0.29, 0.717) is 21.4 Å². The lowest BCUT2D eigenvalue weighted by molar-refractivity contribution is -0.119. The molecule has 0 aliphatic carbocycles. The van der Waals surface area contributed by atoms with Gasteiger partial charge in [-0.1, -0.05) is 29.3 Å². The van der Waals surface area contributed by atoms with Gasteiger partial charge in [0.25, 0.3) is 11.8 Å². The highest BCUT2D eigenvalue weighted by Gasteiger charge is 2.14. The average Bonchev–Trinajstić information content (AvgIpc) is 2.73. The Labute approximate surface area is 199 Å². The van der Waals surface area contributed by atoms with Gasteiger partial charge in [0, 0.05) is 45.8 Å². The number of hydrogen-bond acceptors (Lipinski definition) is 5. The minimum absolute atomic E-state index is 0.00683. The number of phenolic OH excluding ortho intramolecular Hbond substituents is 1. The first kappa shape index (κ1) is 24.1. The molecule has 0 saturated heterocycles. The van der Waals surface area contributed by atoms with Gasteiger partial charge in [-0.3, -0.25) is 14.4 Å². The van der Waals surface area contributed by atoms with Crippen LogP contribution in [0.4, 0.5) is 17.1 Å². The Bertz CT molecular complexity index is 1200. The predicted octanol–water partition coefficient (Wildman–Crippen LogP) is 4.79. The van der Waals surface area contributed by atoms with Gasteiger partial charge in [-0.25, -0.2) is 0 Å². The fourth-order valence-electron chi connectivity index (χ4n) is 2.89. The van der Waals surface area contributed by atoms with E-state index in [-0.39, 0.29) is 35.1 Å². The number of amides is 3. The lowest BCUT2D eigenvalue weighted by Crippen LogP contribution is -2.17. The highest BCUT2D eigenvalue weighted by molar-refractivity contribution is 6.35. The van der Waals surface area contributed by atoms with Crippen molar-refractivity contribution in [2.45, 2.75) is 0 Å². The molecule has 0 unspecified atom stereocenters. The number of methoxy groups -OCH3 is 1. The molecule has 4 N–H and O–H groups in total. The van der Waals surface area contributed by atoms with Crippen LogP contribution in [0.2, 0.25) is 10.0 Å². The van der Waals surface area contributed by atoms with E-state index in [9.17, 15) is 19.5 Å². The smallest absolute Gasteiger partial charge is 0.259 e. The number of anilines is 3. The van der Waals surface area contributed by atoms with Crippen LogP contribution < -0.4 is 16.0 Å². The number of ether oxygens (including phenoxy) is 1. The molecule has 0 saturated carbocycles. The molecule has 0 aromatic heterocycles. The van der Waals surface area contributed by atoms with Gasteiger partial charge >= 0.3 is 0 Å². The van der Waals surface area contributed by atoms with Gasteiger partial charge in [0.15, 0.2) is 0 Å². The summed E-state index contributed by atoms with van der Waals surface area (Å²) < 4.78 is 4.76. The summed E-state index contributed by atoms with van der Waals surface area (Å²) in [5.41, 5.74) is 1.38. The molecule has 0 atom stereocenters.